The van der Waals surface area contributed by atoms with Crippen LogP contribution in [0.2, 0.25) is 0 Å². The molecular formula is C19H33N. The summed E-state index contributed by atoms with van der Waals surface area (Å²) in [5.41, 5.74) is 8.18. The van der Waals surface area contributed by atoms with Crippen molar-refractivity contribution < 1.29 is 0 Å². The zero-order valence-electron chi connectivity index (χ0n) is 13.4. The van der Waals surface area contributed by atoms with Crippen LogP contribution in [0, 0.1) is 28.6 Å². The third kappa shape index (κ3) is 2.16. The monoisotopic (exact) mass is 275 g/mol. The molecule has 4 bridgehead atoms. The second kappa shape index (κ2) is 4.73. The fourth-order valence-corrected chi connectivity index (χ4v) is 7.36. The highest BCUT2D eigenvalue weighted by Crippen LogP contribution is 2.66. The molecule has 0 saturated heterocycles. The minimum absolute atomic E-state index is 0.519. The first-order chi connectivity index (χ1) is 9.59. The second-order valence-electron chi connectivity index (χ2n) is 9.41. The van der Waals surface area contributed by atoms with Gasteiger partial charge in [0.15, 0.2) is 0 Å². The van der Waals surface area contributed by atoms with Crippen molar-refractivity contribution >= 4 is 0 Å². The average Bonchev–Trinajstić information content (AvgIpc) is 2.63. The van der Waals surface area contributed by atoms with Crippen LogP contribution in [0.15, 0.2) is 0 Å². The lowest BCUT2D eigenvalue weighted by molar-refractivity contribution is -0.121. The largest absolute Gasteiger partial charge is 0.327 e. The van der Waals surface area contributed by atoms with Crippen LogP contribution < -0.4 is 5.73 Å². The molecule has 114 valence electrons. The SMILES string of the molecule is CC12CC3CC(C1)CC(C(N)C1CCCCCC1)(C3)C2. The van der Waals surface area contributed by atoms with Crippen LogP contribution in [0.3, 0.4) is 0 Å². The predicted octanol–water partition coefficient (Wildman–Crippen LogP) is 4.89. The average molecular weight is 275 g/mol. The Morgan fingerprint density at radius 3 is 2.05 bits per heavy atom. The van der Waals surface area contributed by atoms with Gasteiger partial charge in [0.1, 0.15) is 0 Å². The van der Waals surface area contributed by atoms with Gasteiger partial charge in [-0.3, -0.25) is 0 Å². The molecule has 5 saturated carbocycles. The predicted molar refractivity (Wildman–Crippen MR) is 84.4 cm³/mol. The van der Waals surface area contributed by atoms with E-state index in [4.69, 9.17) is 5.73 Å². The Bertz CT molecular complexity index is 352. The summed E-state index contributed by atoms with van der Waals surface area (Å²) in [5, 5.41) is 0. The van der Waals surface area contributed by atoms with Crippen LogP contribution in [0.5, 0.6) is 0 Å². The first-order valence-electron chi connectivity index (χ1n) is 9.34. The van der Waals surface area contributed by atoms with E-state index in [1.165, 1.54) is 77.0 Å². The number of hydrogen-bond acceptors (Lipinski definition) is 1. The van der Waals surface area contributed by atoms with E-state index >= 15 is 0 Å². The lowest BCUT2D eigenvalue weighted by Gasteiger charge is -2.64. The van der Waals surface area contributed by atoms with Gasteiger partial charge in [0.05, 0.1) is 0 Å². The summed E-state index contributed by atoms with van der Waals surface area (Å²) in [4.78, 5) is 0. The van der Waals surface area contributed by atoms with Crippen LogP contribution in [-0.2, 0) is 0 Å². The van der Waals surface area contributed by atoms with Crippen molar-refractivity contribution in [1.82, 2.24) is 0 Å². The minimum atomic E-state index is 0.519. The Morgan fingerprint density at radius 2 is 1.50 bits per heavy atom. The molecule has 3 unspecified atom stereocenters. The van der Waals surface area contributed by atoms with Gasteiger partial charge in [-0.15, -0.1) is 0 Å². The van der Waals surface area contributed by atoms with Gasteiger partial charge >= 0.3 is 0 Å². The van der Waals surface area contributed by atoms with Gasteiger partial charge in [0.25, 0.3) is 0 Å². The van der Waals surface area contributed by atoms with Gasteiger partial charge in [-0.1, -0.05) is 32.6 Å². The molecule has 5 aliphatic carbocycles. The summed E-state index contributed by atoms with van der Waals surface area (Å²) < 4.78 is 0. The van der Waals surface area contributed by atoms with Crippen LogP contribution in [-0.4, -0.2) is 6.04 Å². The summed E-state index contributed by atoms with van der Waals surface area (Å²) in [5.74, 6) is 2.90. The number of hydrogen-bond donors (Lipinski definition) is 1. The van der Waals surface area contributed by atoms with Crippen molar-refractivity contribution in [2.75, 3.05) is 0 Å². The maximum absolute atomic E-state index is 6.98. The first kappa shape index (κ1) is 13.6. The summed E-state index contributed by atoms with van der Waals surface area (Å²) in [6.45, 7) is 2.58. The lowest BCUT2D eigenvalue weighted by Crippen LogP contribution is -2.59. The molecule has 0 spiro atoms. The maximum atomic E-state index is 6.98. The topological polar surface area (TPSA) is 26.0 Å². The molecule has 5 fully saturated rings. The Hall–Kier alpha value is -0.0400. The van der Waals surface area contributed by atoms with Crippen molar-refractivity contribution in [2.24, 2.45) is 34.3 Å². The minimum Gasteiger partial charge on any atom is -0.327 e. The van der Waals surface area contributed by atoms with E-state index in [1.807, 2.05) is 0 Å². The van der Waals surface area contributed by atoms with Crippen LogP contribution in [0.4, 0.5) is 0 Å². The van der Waals surface area contributed by atoms with Crippen molar-refractivity contribution in [3.05, 3.63) is 0 Å². The first-order valence-corrected chi connectivity index (χ1v) is 9.34. The molecule has 3 atom stereocenters. The Kier molecular flexibility index (Phi) is 3.22. The summed E-state index contributed by atoms with van der Waals surface area (Å²) >= 11 is 0. The Morgan fingerprint density at radius 1 is 0.900 bits per heavy atom. The Balaban J connectivity index is 1.57. The Labute approximate surface area is 125 Å². The molecule has 1 heteroatoms. The van der Waals surface area contributed by atoms with Gasteiger partial charge in [0.2, 0.25) is 0 Å². The molecule has 1 nitrogen and oxygen atoms in total. The van der Waals surface area contributed by atoms with E-state index in [-0.39, 0.29) is 0 Å². The van der Waals surface area contributed by atoms with Gasteiger partial charge in [-0.2, -0.15) is 0 Å². The van der Waals surface area contributed by atoms with E-state index in [2.05, 4.69) is 6.92 Å². The smallest absolute Gasteiger partial charge is 0.0124 e. The van der Waals surface area contributed by atoms with E-state index < -0.39 is 0 Å². The fraction of sp³-hybridized carbons (Fsp3) is 1.00. The van der Waals surface area contributed by atoms with E-state index in [1.54, 1.807) is 0 Å². The molecular weight excluding hydrogens is 242 g/mol. The van der Waals surface area contributed by atoms with Crippen molar-refractivity contribution in [3.63, 3.8) is 0 Å². The number of rotatable bonds is 2. The molecule has 5 aliphatic rings. The third-order valence-electron chi connectivity index (χ3n) is 7.51. The lowest BCUT2D eigenvalue weighted by atomic mass is 9.42. The highest BCUT2D eigenvalue weighted by molar-refractivity contribution is 5.10. The maximum Gasteiger partial charge on any atom is 0.0124 e. The van der Waals surface area contributed by atoms with Gasteiger partial charge in [-0.05, 0) is 80.0 Å². The van der Waals surface area contributed by atoms with E-state index in [0.29, 0.717) is 16.9 Å². The van der Waals surface area contributed by atoms with Crippen LogP contribution in [0.25, 0.3) is 0 Å². The van der Waals surface area contributed by atoms with E-state index in [0.717, 1.165) is 17.8 Å². The van der Waals surface area contributed by atoms with E-state index in [9.17, 15) is 0 Å². The molecule has 2 N–H and O–H groups in total. The summed E-state index contributed by atoms with van der Waals surface area (Å²) in [6.07, 6.45) is 17.7. The zero-order valence-corrected chi connectivity index (χ0v) is 13.4. The molecule has 5 rings (SSSR count). The molecule has 0 aromatic carbocycles. The summed E-state index contributed by atoms with van der Waals surface area (Å²) in [6, 6.07) is 0.519. The molecule has 0 radical (unpaired) electrons. The van der Waals surface area contributed by atoms with Crippen LogP contribution >= 0.6 is 0 Å². The standard InChI is InChI=1S/C19H33N/c1-18-9-14-8-15(10-18)12-19(11-14,13-18)17(20)16-6-4-2-3-5-7-16/h14-17H,2-13,20H2,1H3. The van der Waals surface area contributed by atoms with Gasteiger partial charge in [-0.25, -0.2) is 0 Å². The zero-order chi connectivity index (χ0) is 13.8. The van der Waals surface area contributed by atoms with Gasteiger partial charge in [0, 0.05) is 6.04 Å². The van der Waals surface area contributed by atoms with Crippen molar-refractivity contribution in [1.29, 1.82) is 0 Å². The van der Waals surface area contributed by atoms with Crippen molar-refractivity contribution in [3.8, 4) is 0 Å². The second-order valence-corrected chi connectivity index (χ2v) is 9.41. The van der Waals surface area contributed by atoms with Gasteiger partial charge < -0.3 is 5.73 Å². The fourth-order valence-electron chi connectivity index (χ4n) is 7.36. The molecule has 0 aliphatic heterocycles. The number of nitrogens with two attached hydrogens (primary N) is 1. The molecule has 0 aromatic rings. The summed E-state index contributed by atoms with van der Waals surface area (Å²) in [7, 11) is 0. The molecule has 0 heterocycles. The highest BCUT2D eigenvalue weighted by Gasteiger charge is 2.58. The molecule has 20 heavy (non-hydrogen) atoms. The quantitative estimate of drug-likeness (QED) is 0.713. The molecule has 0 amide bonds. The normalized spacial score (nSPS) is 50.1. The highest BCUT2D eigenvalue weighted by atomic mass is 14.8. The van der Waals surface area contributed by atoms with Crippen molar-refractivity contribution in [2.45, 2.75) is 90.0 Å². The van der Waals surface area contributed by atoms with Crippen LogP contribution in [0.1, 0.15) is 84.0 Å². The third-order valence-corrected chi connectivity index (χ3v) is 7.51. The molecule has 0 aromatic heterocycles.